The minimum absolute atomic E-state index is 0.143. The van der Waals surface area contributed by atoms with E-state index in [0.717, 1.165) is 18.4 Å². The van der Waals surface area contributed by atoms with Crippen molar-refractivity contribution in [2.24, 2.45) is 0 Å². The van der Waals surface area contributed by atoms with Gasteiger partial charge in [0.05, 0.1) is 6.04 Å². The van der Waals surface area contributed by atoms with Crippen LogP contribution in [0.1, 0.15) is 47.6 Å². The molecular formula is C21H23N3O2. The summed E-state index contributed by atoms with van der Waals surface area (Å²) in [6, 6.07) is 18.5. The Morgan fingerprint density at radius 1 is 0.962 bits per heavy atom. The van der Waals surface area contributed by atoms with Crippen LogP contribution in [-0.4, -0.2) is 28.9 Å². The summed E-state index contributed by atoms with van der Waals surface area (Å²) in [6.45, 7) is 0. The highest BCUT2D eigenvalue weighted by Crippen LogP contribution is 2.35. The number of amides is 2. The van der Waals surface area contributed by atoms with E-state index in [-0.39, 0.29) is 17.9 Å². The molecule has 134 valence electrons. The molecule has 1 saturated heterocycles. The van der Waals surface area contributed by atoms with Crippen LogP contribution in [0.4, 0.5) is 0 Å². The minimum atomic E-state index is -0.606. The largest absolute Gasteiger partial charge is 0.338 e. The second-order valence-electron chi connectivity index (χ2n) is 6.99. The third-order valence-corrected chi connectivity index (χ3v) is 5.32. The lowest BCUT2D eigenvalue weighted by Gasteiger charge is -2.31. The van der Waals surface area contributed by atoms with Crippen molar-refractivity contribution >= 4 is 11.8 Å². The molecule has 2 fully saturated rings. The normalized spacial score (nSPS) is 23.8. The number of carbonyl (C=O) groups excluding carboxylic acids is 2. The number of benzene rings is 2. The van der Waals surface area contributed by atoms with Gasteiger partial charge in [-0.1, -0.05) is 61.4 Å². The maximum Gasteiger partial charge on any atom is 0.258 e. The Balaban J connectivity index is 1.62. The van der Waals surface area contributed by atoms with E-state index in [1.807, 2.05) is 48.5 Å². The molecule has 5 heteroatoms. The third-order valence-electron chi connectivity index (χ3n) is 5.32. The Labute approximate surface area is 153 Å². The van der Waals surface area contributed by atoms with Crippen molar-refractivity contribution in [2.75, 3.05) is 0 Å². The monoisotopic (exact) mass is 349 g/mol. The average Bonchev–Trinajstić information content (AvgIpc) is 3.32. The molecule has 1 saturated carbocycles. The van der Waals surface area contributed by atoms with Gasteiger partial charge in [0, 0.05) is 11.6 Å². The summed E-state index contributed by atoms with van der Waals surface area (Å²) in [4.78, 5) is 25.4. The summed E-state index contributed by atoms with van der Waals surface area (Å²) in [5, 5.41) is 5.02. The summed E-state index contributed by atoms with van der Waals surface area (Å²) in [5.74, 6) is -0.366. The molecule has 0 bridgehead atoms. The summed E-state index contributed by atoms with van der Waals surface area (Å²) < 4.78 is 0. The van der Waals surface area contributed by atoms with Gasteiger partial charge in [-0.25, -0.2) is 5.01 Å². The number of hydrogen-bond donors (Lipinski definition) is 2. The minimum Gasteiger partial charge on any atom is -0.338 e. The predicted octanol–water partition coefficient (Wildman–Crippen LogP) is 2.82. The van der Waals surface area contributed by atoms with E-state index in [1.165, 1.54) is 12.8 Å². The molecule has 1 heterocycles. The van der Waals surface area contributed by atoms with E-state index in [2.05, 4.69) is 15.8 Å². The van der Waals surface area contributed by atoms with E-state index < -0.39 is 6.04 Å². The van der Waals surface area contributed by atoms with Crippen LogP contribution in [-0.2, 0) is 4.79 Å². The molecule has 0 spiro atoms. The van der Waals surface area contributed by atoms with E-state index in [9.17, 15) is 9.59 Å². The van der Waals surface area contributed by atoms with Crippen LogP contribution >= 0.6 is 0 Å². The van der Waals surface area contributed by atoms with E-state index >= 15 is 0 Å². The topological polar surface area (TPSA) is 61.4 Å². The number of hydrogen-bond acceptors (Lipinski definition) is 3. The van der Waals surface area contributed by atoms with Gasteiger partial charge in [0.2, 0.25) is 0 Å². The Bertz CT molecular complexity index is 772. The molecule has 0 radical (unpaired) electrons. The summed E-state index contributed by atoms with van der Waals surface area (Å²) in [6.07, 6.45) is 4.51. The smallest absolute Gasteiger partial charge is 0.258 e. The van der Waals surface area contributed by atoms with Crippen molar-refractivity contribution < 1.29 is 9.59 Å². The van der Waals surface area contributed by atoms with Gasteiger partial charge < -0.3 is 5.32 Å². The first-order chi connectivity index (χ1) is 12.7. The molecule has 4 rings (SSSR count). The summed E-state index contributed by atoms with van der Waals surface area (Å²) >= 11 is 0. The zero-order valence-corrected chi connectivity index (χ0v) is 14.6. The molecular weight excluding hydrogens is 326 g/mol. The van der Waals surface area contributed by atoms with Crippen molar-refractivity contribution in [2.45, 2.75) is 43.8 Å². The number of rotatable bonds is 4. The number of nitrogens with one attached hydrogen (secondary N) is 2. The van der Waals surface area contributed by atoms with Crippen LogP contribution in [0, 0.1) is 0 Å². The van der Waals surface area contributed by atoms with E-state index in [4.69, 9.17) is 0 Å². The fourth-order valence-corrected chi connectivity index (χ4v) is 4.03. The molecule has 2 atom stereocenters. The Hall–Kier alpha value is -2.66. The maximum absolute atomic E-state index is 12.7. The average molecular weight is 349 g/mol. The van der Waals surface area contributed by atoms with Crippen LogP contribution in [0.5, 0.6) is 0 Å². The first-order valence-corrected chi connectivity index (χ1v) is 9.24. The lowest BCUT2D eigenvalue weighted by Crippen LogP contribution is -2.44. The standard InChI is InChI=1S/C21H23N3O2/c25-20(16-11-5-2-6-12-16)22-18-19(15-9-3-1-4-10-15)24(23-21(18)26)17-13-7-8-14-17/h1-6,9-12,17-19H,7-8,13-14H2,(H,22,25)(H,23,26)/t18-,19-/m0/s1. The fourth-order valence-electron chi connectivity index (χ4n) is 4.03. The van der Waals surface area contributed by atoms with Crippen molar-refractivity contribution in [3.8, 4) is 0 Å². The quantitative estimate of drug-likeness (QED) is 0.892. The van der Waals surface area contributed by atoms with Crippen molar-refractivity contribution in [1.29, 1.82) is 0 Å². The lowest BCUT2D eigenvalue weighted by atomic mass is 9.98. The van der Waals surface area contributed by atoms with Gasteiger partial charge in [-0.05, 0) is 30.5 Å². The van der Waals surface area contributed by atoms with Gasteiger partial charge in [0.25, 0.3) is 11.8 Å². The second-order valence-corrected chi connectivity index (χ2v) is 6.99. The highest BCUT2D eigenvalue weighted by molar-refractivity contribution is 5.98. The number of carbonyl (C=O) groups is 2. The van der Waals surface area contributed by atoms with Crippen LogP contribution in [0.2, 0.25) is 0 Å². The van der Waals surface area contributed by atoms with E-state index in [0.29, 0.717) is 11.6 Å². The van der Waals surface area contributed by atoms with Gasteiger partial charge in [-0.2, -0.15) is 0 Å². The molecule has 0 aromatic heterocycles. The second kappa shape index (κ2) is 7.30. The molecule has 2 aromatic rings. The number of nitrogens with zero attached hydrogens (tertiary/aromatic N) is 1. The molecule has 2 aromatic carbocycles. The Morgan fingerprint density at radius 2 is 1.58 bits per heavy atom. The van der Waals surface area contributed by atoms with Crippen LogP contribution in [0.15, 0.2) is 60.7 Å². The van der Waals surface area contributed by atoms with Crippen molar-refractivity contribution in [3.63, 3.8) is 0 Å². The molecule has 0 unspecified atom stereocenters. The predicted molar refractivity (Wildman–Crippen MR) is 99.1 cm³/mol. The van der Waals surface area contributed by atoms with Gasteiger partial charge in [0.15, 0.2) is 0 Å². The SMILES string of the molecule is O=C(N[C@@H]1C(=O)NN(C2CCCC2)[C@H]1c1ccccc1)c1ccccc1. The molecule has 2 aliphatic rings. The summed E-state index contributed by atoms with van der Waals surface area (Å²) in [7, 11) is 0. The Kier molecular flexibility index (Phi) is 4.71. The molecule has 1 aliphatic heterocycles. The highest BCUT2D eigenvalue weighted by atomic mass is 16.2. The lowest BCUT2D eigenvalue weighted by molar-refractivity contribution is -0.122. The molecule has 26 heavy (non-hydrogen) atoms. The van der Waals surface area contributed by atoms with Crippen molar-refractivity contribution in [3.05, 3.63) is 71.8 Å². The zero-order valence-electron chi connectivity index (χ0n) is 14.6. The first kappa shape index (κ1) is 16.8. The van der Waals surface area contributed by atoms with Crippen LogP contribution in [0.3, 0.4) is 0 Å². The van der Waals surface area contributed by atoms with E-state index in [1.54, 1.807) is 12.1 Å². The molecule has 5 nitrogen and oxygen atoms in total. The first-order valence-electron chi connectivity index (χ1n) is 9.24. The maximum atomic E-state index is 12.7. The van der Waals surface area contributed by atoms with Crippen molar-refractivity contribution in [1.82, 2.24) is 15.8 Å². The summed E-state index contributed by atoms with van der Waals surface area (Å²) in [5.41, 5.74) is 4.63. The van der Waals surface area contributed by atoms with Gasteiger partial charge in [0.1, 0.15) is 6.04 Å². The zero-order chi connectivity index (χ0) is 17.9. The Morgan fingerprint density at radius 3 is 2.23 bits per heavy atom. The van der Waals surface area contributed by atoms with Crippen LogP contribution in [0.25, 0.3) is 0 Å². The van der Waals surface area contributed by atoms with Gasteiger partial charge in [-0.15, -0.1) is 0 Å². The highest BCUT2D eigenvalue weighted by Gasteiger charge is 2.45. The molecule has 2 amide bonds. The van der Waals surface area contributed by atoms with Gasteiger partial charge in [-0.3, -0.25) is 15.0 Å². The van der Waals surface area contributed by atoms with Gasteiger partial charge >= 0.3 is 0 Å². The fraction of sp³-hybridized carbons (Fsp3) is 0.333. The third kappa shape index (κ3) is 3.22. The number of hydrazine groups is 1. The van der Waals surface area contributed by atoms with Crippen LogP contribution < -0.4 is 10.7 Å². The molecule has 2 N–H and O–H groups in total. The molecule has 1 aliphatic carbocycles.